The van der Waals surface area contributed by atoms with Crippen LogP contribution in [0.3, 0.4) is 0 Å². The summed E-state index contributed by atoms with van der Waals surface area (Å²) in [5.74, 6) is 0.292. The van der Waals surface area contributed by atoms with Crippen molar-refractivity contribution in [2.24, 2.45) is 0 Å². The highest BCUT2D eigenvalue weighted by molar-refractivity contribution is 5.81. The fourth-order valence-corrected chi connectivity index (χ4v) is 2.06. The lowest BCUT2D eigenvalue weighted by molar-refractivity contribution is -0.118. The molecule has 1 aromatic carbocycles. The zero-order valence-corrected chi connectivity index (χ0v) is 11.5. The van der Waals surface area contributed by atoms with Crippen LogP contribution in [0.25, 0.3) is 0 Å². The molecule has 1 heterocycles. The summed E-state index contributed by atoms with van der Waals surface area (Å²) in [6.45, 7) is 4.17. The number of Topliss-reactive ketones (excluding diaryl/α,β-unsaturated/α-hetero) is 1. The molecule has 0 fully saturated rings. The molecular formula is C17H19NO. The predicted molar refractivity (Wildman–Crippen MR) is 77.2 cm³/mol. The molecule has 1 aromatic heterocycles. The number of carbonyl (C=O) groups excluding carboxylic acids is 1. The van der Waals surface area contributed by atoms with Crippen molar-refractivity contribution in [1.82, 2.24) is 4.98 Å². The van der Waals surface area contributed by atoms with E-state index < -0.39 is 0 Å². The van der Waals surface area contributed by atoms with Crippen molar-refractivity contribution < 1.29 is 4.79 Å². The van der Waals surface area contributed by atoms with Gasteiger partial charge in [0.25, 0.3) is 0 Å². The van der Waals surface area contributed by atoms with Gasteiger partial charge in [0.1, 0.15) is 5.78 Å². The highest BCUT2D eigenvalue weighted by Gasteiger charge is 2.05. The second-order valence-electron chi connectivity index (χ2n) is 4.99. The Morgan fingerprint density at radius 1 is 1.00 bits per heavy atom. The van der Waals surface area contributed by atoms with E-state index in [2.05, 4.69) is 31.0 Å². The molecular weight excluding hydrogens is 234 g/mol. The van der Waals surface area contributed by atoms with Crippen molar-refractivity contribution in [2.75, 3.05) is 0 Å². The number of ketones is 1. The van der Waals surface area contributed by atoms with Gasteiger partial charge in [-0.1, -0.05) is 18.2 Å². The SMILES string of the molecule is Cc1ccc(CC(=O)CCc2ccncc2)cc1C. The summed E-state index contributed by atoms with van der Waals surface area (Å²) in [5, 5.41) is 0. The molecule has 0 aliphatic carbocycles. The summed E-state index contributed by atoms with van der Waals surface area (Å²) in [4.78, 5) is 15.9. The number of hydrogen-bond donors (Lipinski definition) is 0. The van der Waals surface area contributed by atoms with Gasteiger partial charge in [-0.15, -0.1) is 0 Å². The number of aryl methyl sites for hydroxylation is 3. The van der Waals surface area contributed by atoms with E-state index in [1.165, 1.54) is 16.7 Å². The van der Waals surface area contributed by atoms with Gasteiger partial charge in [-0.05, 0) is 54.7 Å². The minimum absolute atomic E-state index is 0.292. The first-order valence-electron chi connectivity index (χ1n) is 6.62. The predicted octanol–water partition coefficient (Wildman–Crippen LogP) is 3.44. The second-order valence-corrected chi connectivity index (χ2v) is 4.99. The Morgan fingerprint density at radius 2 is 1.74 bits per heavy atom. The Bertz CT molecular complexity index is 561. The van der Waals surface area contributed by atoms with Gasteiger partial charge < -0.3 is 0 Å². The van der Waals surface area contributed by atoms with E-state index in [4.69, 9.17) is 0 Å². The van der Waals surface area contributed by atoms with Crippen LogP contribution in [-0.2, 0) is 17.6 Å². The Labute approximate surface area is 114 Å². The molecule has 0 aliphatic rings. The number of nitrogens with zero attached hydrogens (tertiary/aromatic N) is 1. The zero-order valence-electron chi connectivity index (χ0n) is 11.5. The maximum atomic E-state index is 12.0. The third-order valence-corrected chi connectivity index (χ3v) is 3.41. The molecule has 0 N–H and O–H groups in total. The van der Waals surface area contributed by atoms with E-state index in [-0.39, 0.29) is 0 Å². The van der Waals surface area contributed by atoms with E-state index in [1.807, 2.05) is 18.2 Å². The van der Waals surface area contributed by atoms with Gasteiger partial charge in [-0.2, -0.15) is 0 Å². The van der Waals surface area contributed by atoms with Crippen molar-refractivity contribution in [3.8, 4) is 0 Å². The van der Waals surface area contributed by atoms with Gasteiger partial charge in [-0.25, -0.2) is 0 Å². The second kappa shape index (κ2) is 6.28. The van der Waals surface area contributed by atoms with Crippen LogP contribution < -0.4 is 0 Å². The van der Waals surface area contributed by atoms with Crippen molar-refractivity contribution in [3.63, 3.8) is 0 Å². The summed E-state index contributed by atoms with van der Waals surface area (Å²) in [5.41, 5.74) is 4.80. The van der Waals surface area contributed by atoms with E-state index >= 15 is 0 Å². The van der Waals surface area contributed by atoms with E-state index in [0.29, 0.717) is 18.6 Å². The highest BCUT2D eigenvalue weighted by Crippen LogP contribution is 2.12. The molecule has 0 radical (unpaired) electrons. The van der Waals surface area contributed by atoms with Crippen molar-refractivity contribution >= 4 is 5.78 Å². The molecule has 98 valence electrons. The van der Waals surface area contributed by atoms with E-state index in [9.17, 15) is 4.79 Å². The molecule has 0 bridgehead atoms. The Hall–Kier alpha value is -1.96. The summed E-state index contributed by atoms with van der Waals surface area (Å²) >= 11 is 0. The average molecular weight is 253 g/mol. The number of aromatic nitrogens is 1. The number of rotatable bonds is 5. The first-order valence-corrected chi connectivity index (χ1v) is 6.62. The first kappa shape index (κ1) is 13.5. The van der Waals surface area contributed by atoms with Crippen LogP contribution in [0.1, 0.15) is 28.7 Å². The summed E-state index contributed by atoms with van der Waals surface area (Å²) in [6, 6.07) is 10.2. The molecule has 2 rings (SSSR count). The van der Waals surface area contributed by atoms with Crippen molar-refractivity contribution in [1.29, 1.82) is 0 Å². The highest BCUT2D eigenvalue weighted by atomic mass is 16.1. The minimum atomic E-state index is 0.292. The number of pyridine rings is 1. The monoisotopic (exact) mass is 253 g/mol. The molecule has 0 saturated carbocycles. The molecule has 0 unspecified atom stereocenters. The fraction of sp³-hybridized carbons (Fsp3) is 0.294. The van der Waals surface area contributed by atoms with Gasteiger partial charge in [0.05, 0.1) is 0 Å². The fourth-order valence-electron chi connectivity index (χ4n) is 2.06. The molecule has 0 amide bonds. The van der Waals surface area contributed by atoms with Gasteiger partial charge in [0.15, 0.2) is 0 Å². The third-order valence-electron chi connectivity index (χ3n) is 3.41. The Balaban J connectivity index is 1.89. The lowest BCUT2D eigenvalue weighted by Crippen LogP contribution is -2.04. The lowest BCUT2D eigenvalue weighted by Gasteiger charge is -2.05. The Kier molecular flexibility index (Phi) is 4.45. The molecule has 19 heavy (non-hydrogen) atoms. The maximum absolute atomic E-state index is 12.0. The molecule has 2 nitrogen and oxygen atoms in total. The van der Waals surface area contributed by atoms with Crippen LogP contribution in [0, 0.1) is 13.8 Å². The zero-order chi connectivity index (χ0) is 13.7. The standard InChI is InChI=1S/C17H19NO/c1-13-3-4-16(11-14(13)2)12-17(19)6-5-15-7-9-18-10-8-15/h3-4,7-11H,5-6,12H2,1-2H3. The van der Waals surface area contributed by atoms with Gasteiger partial charge in [-0.3, -0.25) is 9.78 Å². The van der Waals surface area contributed by atoms with Gasteiger partial charge in [0, 0.05) is 25.2 Å². The smallest absolute Gasteiger partial charge is 0.137 e. The van der Waals surface area contributed by atoms with Crippen LogP contribution in [0.4, 0.5) is 0 Å². The number of benzene rings is 1. The minimum Gasteiger partial charge on any atom is -0.299 e. The van der Waals surface area contributed by atoms with Crippen LogP contribution in [0.2, 0.25) is 0 Å². The van der Waals surface area contributed by atoms with Gasteiger partial charge >= 0.3 is 0 Å². The lowest BCUT2D eigenvalue weighted by atomic mass is 10.00. The molecule has 2 aromatic rings. The first-order chi connectivity index (χ1) is 9.15. The van der Waals surface area contributed by atoms with Crippen LogP contribution in [0.15, 0.2) is 42.7 Å². The average Bonchev–Trinajstić information content (AvgIpc) is 2.42. The molecule has 0 atom stereocenters. The summed E-state index contributed by atoms with van der Waals surface area (Å²) < 4.78 is 0. The molecule has 0 aliphatic heterocycles. The summed E-state index contributed by atoms with van der Waals surface area (Å²) in [7, 11) is 0. The van der Waals surface area contributed by atoms with Crippen molar-refractivity contribution in [3.05, 3.63) is 65.0 Å². The normalized spacial score (nSPS) is 10.4. The number of carbonyl (C=O) groups is 1. The largest absolute Gasteiger partial charge is 0.299 e. The Morgan fingerprint density at radius 3 is 2.42 bits per heavy atom. The van der Waals surface area contributed by atoms with Crippen LogP contribution in [0.5, 0.6) is 0 Å². The van der Waals surface area contributed by atoms with Crippen molar-refractivity contribution in [2.45, 2.75) is 33.1 Å². The topological polar surface area (TPSA) is 30.0 Å². The number of hydrogen-bond acceptors (Lipinski definition) is 2. The molecule has 0 spiro atoms. The quantitative estimate of drug-likeness (QED) is 0.817. The van der Waals surface area contributed by atoms with E-state index in [0.717, 1.165) is 12.0 Å². The van der Waals surface area contributed by atoms with E-state index in [1.54, 1.807) is 12.4 Å². The molecule has 0 saturated heterocycles. The summed E-state index contributed by atoms with van der Waals surface area (Å²) in [6.07, 6.45) is 5.46. The van der Waals surface area contributed by atoms with Crippen LogP contribution in [-0.4, -0.2) is 10.8 Å². The third kappa shape index (κ3) is 4.02. The van der Waals surface area contributed by atoms with Gasteiger partial charge in [0.2, 0.25) is 0 Å². The van der Waals surface area contributed by atoms with Crippen LogP contribution >= 0.6 is 0 Å². The maximum Gasteiger partial charge on any atom is 0.137 e. The molecule has 2 heteroatoms.